The molecule has 1 fully saturated rings. The van der Waals surface area contributed by atoms with Crippen LogP contribution in [0.1, 0.15) is 28.9 Å². The SMILES string of the molecule is Cc1cccc(N2CC(C(=O)NCc3ccnc(-n4ccnc4C)c3)CC2=O)c1C. The Kier molecular flexibility index (Phi) is 5.35. The van der Waals surface area contributed by atoms with E-state index in [4.69, 9.17) is 0 Å². The number of aryl methyl sites for hydroxylation is 2. The molecule has 7 heteroatoms. The summed E-state index contributed by atoms with van der Waals surface area (Å²) in [6.45, 7) is 6.74. The summed E-state index contributed by atoms with van der Waals surface area (Å²) in [6, 6.07) is 9.71. The number of aromatic nitrogens is 3. The summed E-state index contributed by atoms with van der Waals surface area (Å²) in [5, 5.41) is 2.98. The van der Waals surface area contributed by atoms with Crippen molar-refractivity contribution < 1.29 is 9.59 Å². The van der Waals surface area contributed by atoms with Crippen LogP contribution in [-0.4, -0.2) is 32.9 Å². The molecule has 1 saturated heterocycles. The van der Waals surface area contributed by atoms with E-state index in [0.717, 1.165) is 34.0 Å². The number of rotatable bonds is 5. The highest BCUT2D eigenvalue weighted by Crippen LogP contribution is 2.29. The van der Waals surface area contributed by atoms with Crippen molar-refractivity contribution in [3.05, 3.63) is 71.4 Å². The normalized spacial score (nSPS) is 16.2. The van der Waals surface area contributed by atoms with E-state index >= 15 is 0 Å². The van der Waals surface area contributed by atoms with Crippen LogP contribution in [0.5, 0.6) is 0 Å². The molecule has 0 aliphatic carbocycles. The lowest BCUT2D eigenvalue weighted by molar-refractivity contribution is -0.126. The summed E-state index contributed by atoms with van der Waals surface area (Å²) in [6.07, 6.45) is 5.53. The zero-order valence-electron chi connectivity index (χ0n) is 17.4. The fourth-order valence-electron chi connectivity index (χ4n) is 3.80. The van der Waals surface area contributed by atoms with E-state index in [-0.39, 0.29) is 24.2 Å². The summed E-state index contributed by atoms with van der Waals surface area (Å²) < 4.78 is 1.89. The predicted molar refractivity (Wildman–Crippen MR) is 114 cm³/mol. The molecule has 1 aliphatic rings. The molecule has 0 spiro atoms. The number of pyridine rings is 1. The molecule has 0 saturated carbocycles. The summed E-state index contributed by atoms with van der Waals surface area (Å²) in [5.74, 6) is 1.14. The van der Waals surface area contributed by atoms with E-state index in [1.807, 2.05) is 61.9 Å². The highest BCUT2D eigenvalue weighted by atomic mass is 16.2. The topological polar surface area (TPSA) is 80.1 Å². The largest absolute Gasteiger partial charge is 0.352 e. The number of hydrogen-bond acceptors (Lipinski definition) is 4. The third-order valence-corrected chi connectivity index (χ3v) is 5.71. The van der Waals surface area contributed by atoms with Gasteiger partial charge in [-0.15, -0.1) is 0 Å². The molecule has 2 amide bonds. The Hall–Kier alpha value is -3.48. The predicted octanol–water partition coefficient (Wildman–Crippen LogP) is 2.86. The van der Waals surface area contributed by atoms with E-state index in [1.54, 1.807) is 17.3 Å². The van der Waals surface area contributed by atoms with Gasteiger partial charge in [0.2, 0.25) is 11.8 Å². The summed E-state index contributed by atoms with van der Waals surface area (Å²) in [4.78, 5) is 35.6. The Labute approximate surface area is 175 Å². The van der Waals surface area contributed by atoms with Gasteiger partial charge in [0.05, 0.1) is 5.92 Å². The van der Waals surface area contributed by atoms with Crippen LogP contribution in [0.25, 0.3) is 5.82 Å². The molecule has 0 bridgehead atoms. The molecule has 1 unspecified atom stereocenters. The molecule has 30 heavy (non-hydrogen) atoms. The third-order valence-electron chi connectivity index (χ3n) is 5.71. The van der Waals surface area contributed by atoms with Crippen LogP contribution in [0.15, 0.2) is 48.9 Å². The van der Waals surface area contributed by atoms with Crippen molar-refractivity contribution in [3.63, 3.8) is 0 Å². The van der Waals surface area contributed by atoms with Gasteiger partial charge in [0, 0.05) is 43.8 Å². The molecule has 2 aromatic heterocycles. The van der Waals surface area contributed by atoms with Gasteiger partial charge in [0.15, 0.2) is 0 Å². The summed E-state index contributed by atoms with van der Waals surface area (Å²) in [5.41, 5.74) is 4.04. The minimum absolute atomic E-state index is 0.00868. The van der Waals surface area contributed by atoms with Crippen molar-refractivity contribution in [3.8, 4) is 5.82 Å². The molecule has 4 rings (SSSR count). The highest BCUT2D eigenvalue weighted by Gasteiger charge is 2.35. The van der Waals surface area contributed by atoms with Gasteiger partial charge in [-0.3, -0.25) is 14.2 Å². The van der Waals surface area contributed by atoms with Crippen LogP contribution in [0.3, 0.4) is 0 Å². The molecular formula is C23H25N5O2. The summed E-state index contributed by atoms with van der Waals surface area (Å²) in [7, 11) is 0. The fraction of sp³-hybridized carbons (Fsp3) is 0.304. The zero-order valence-corrected chi connectivity index (χ0v) is 17.4. The Morgan fingerprint density at radius 3 is 2.77 bits per heavy atom. The Morgan fingerprint density at radius 2 is 2.00 bits per heavy atom. The minimum Gasteiger partial charge on any atom is -0.352 e. The van der Waals surface area contributed by atoms with Crippen LogP contribution in [0.4, 0.5) is 5.69 Å². The van der Waals surface area contributed by atoms with Crippen molar-refractivity contribution in [2.24, 2.45) is 5.92 Å². The second-order valence-corrected chi connectivity index (χ2v) is 7.71. The molecule has 1 atom stereocenters. The maximum Gasteiger partial charge on any atom is 0.227 e. The van der Waals surface area contributed by atoms with Gasteiger partial charge in [-0.1, -0.05) is 12.1 Å². The number of carbonyl (C=O) groups is 2. The molecule has 0 radical (unpaired) electrons. The van der Waals surface area contributed by atoms with E-state index in [9.17, 15) is 9.59 Å². The highest BCUT2D eigenvalue weighted by molar-refractivity contribution is 6.00. The average molecular weight is 403 g/mol. The molecule has 1 aromatic carbocycles. The molecular weight excluding hydrogens is 378 g/mol. The first-order valence-electron chi connectivity index (χ1n) is 10.0. The van der Waals surface area contributed by atoms with E-state index in [2.05, 4.69) is 15.3 Å². The maximum atomic E-state index is 12.7. The molecule has 1 aliphatic heterocycles. The monoisotopic (exact) mass is 403 g/mol. The van der Waals surface area contributed by atoms with Crippen LogP contribution < -0.4 is 10.2 Å². The molecule has 3 heterocycles. The number of benzene rings is 1. The van der Waals surface area contributed by atoms with Gasteiger partial charge in [-0.2, -0.15) is 0 Å². The first-order valence-corrected chi connectivity index (χ1v) is 10.0. The second kappa shape index (κ2) is 8.10. The summed E-state index contributed by atoms with van der Waals surface area (Å²) >= 11 is 0. The Morgan fingerprint density at radius 1 is 1.17 bits per heavy atom. The minimum atomic E-state index is -0.352. The van der Waals surface area contributed by atoms with Crippen molar-refractivity contribution >= 4 is 17.5 Å². The first kappa shape index (κ1) is 19.8. The Balaban J connectivity index is 1.41. The first-order chi connectivity index (χ1) is 14.4. The second-order valence-electron chi connectivity index (χ2n) is 7.71. The molecule has 154 valence electrons. The lowest BCUT2D eigenvalue weighted by Gasteiger charge is -2.20. The number of anilines is 1. The van der Waals surface area contributed by atoms with Crippen LogP contribution in [0, 0.1) is 26.7 Å². The van der Waals surface area contributed by atoms with Crippen LogP contribution >= 0.6 is 0 Å². The van der Waals surface area contributed by atoms with Gasteiger partial charge in [0.1, 0.15) is 11.6 Å². The standard InChI is InChI=1S/C23H25N5O2/c1-15-5-4-6-20(16(15)2)28-14-19(12-22(28)29)23(30)26-13-18-7-8-25-21(11-18)27-10-9-24-17(27)3/h4-11,19H,12-14H2,1-3H3,(H,26,30). The van der Waals surface area contributed by atoms with Gasteiger partial charge in [0.25, 0.3) is 0 Å². The number of amides is 2. The Bertz CT molecular complexity index is 1100. The quantitative estimate of drug-likeness (QED) is 0.710. The van der Waals surface area contributed by atoms with Crippen molar-refractivity contribution in [1.82, 2.24) is 19.9 Å². The van der Waals surface area contributed by atoms with E-state index in [0.29, 0.717) is 13.1 Å². The van der Waals surface area contributed by atoms with Crippen molar-refractivity contribution in [2.75, 3.05) is 11.4 Å². The number of nitrogens with zero attached hydrogens (tertiary/aromatic N) is 4. The average Bonchev–Trinajstić information content (AvgIpc) is 3.34. The fourth-order valence-corrected chi connectivity index (χ4v) is 3.80. The third kappa shape index (κ3) is 3.83. The lowest BCUT2D eigenvalue weighted by Crippen LogP contribution is -2.32. The smallest absolute Gasteiger partial charge is 0.227 e. The number of hydrogen-bond donors (Lipinski definition) is 1. The lowest BCUT2D eigenvalue weighted by atomic mass is 10.1. The van der Waals surface area contributed by atoms with E-state index in [1.165, 1.54) is 0 Å². The number of imidazole rings is 1. The van der Waals surface area contributed by atoms with Gasteiger partial charge in [-0.05, 0) is 55.7 Å². The van der Waals surface area contributed by atoms with Crippen molar-refractivity contribution in [1.29, 1.82) is 0 Å². The van der Waals surface area contributed by atoms with Gasteiger partial charge < -0.3 is 10.2 Å². The molecule has 7 nitrogen and oxygen atoms in total. The van der Waals surface area contributed by atoms with E-state index < -0.39 is 0 Å². The van der Waals surface area contributed by atoms with Crippen LogP contribution in [-0.2, 0) is 16.1 Å². The van der Waals surface area contributed by atoms with Gasteiger partial charge in [-0.25, -0.2) is 9.97 Å². The maximum absolute atomic E-state index is 12.7. The number of carbonyl (C=O) groups excluding carboxylic acids is 2. The number of nitrogens with one attached hydrogen (secondary N) is 1. The zero-order chi connectivity index (χ0) is 21.3. The molecule has 3 aromatic rings. The van der Waals surface area contributed by atoms with Crippen LogP contribution in [0.2, 0.25) is 0 Å². The van der Waals surface area contributed by atoms with Gasteiger partial charge >= 0.3 is 0 Å². The van der Waals surface area contributed by atoms with Crippen molar-refractivity contribution in [2.45, 2.75) is 33.7 Å². The molecule has 1 N–H and O–H groups in total.